The quantitative estimate of drug-likeness (QED) is 0.605. The maximum Gasteiger partial charge on any atom is 0.265 e. The van der Waals surface area contributed by atoms with Crippen LogP contribution in [0.15, 0.2) is 72.8 Å². The third-order valence-electron chi connectivity index (χ3n) is 4.73. The number of hydrogen-bond donors (Lipinski definition) is 2. The molecule has 0 bridgehead atoms. The number of hydrogen-bond acceptors (Lipinski definition) is 3. The van der Waals surface area contributed by atoms with E-state index in [0.717, 1.165) is 22.4 Å². The van der Waals surface area contributed by atoms with Crippen LogP contribution in [0.25, 0.3) is 0 Å². The Bertz CT molecular complexity index is 1010. The van der Waals surface area contributed by atoms with Gasteiger partial charge in [-0.25, -0.2) is 0 Å². The Morgan fingerprint density at radius 3 is 2.30 bits per heavy atom. The molecular weight excluding hydrogens is 376 g/mol. The third-order valence-corrected chi connectivity index (χ3v) is 4.73. The summed E-state index contributed by atoms with van der Waals surface area (Å²) in [6.45, 7) is 6.12. The highest BCUT2D eigenvalue weighted by Crippen LogP contribution is 2.18. The monoisotopic (exact) mass is 402 g/mol. The molecule has 2 amide bonds. The van der Waals surface area contributed by atoms with Crippen LogP contribution in [0.4, 0.5) is 5.69 Å². The summed E-state index contributed by atoms with van der Waals surface area (Å²) in [4.78, 5) is 24.8. The van der Waals surface area contributed by atoms with Crippen LogP contribution < -0.4 is 15.4 Å². The van der Waals surface area contributed by atoms with Crippen LogP contribution in [0.1, 0.15) is 34.0 Å². The summed E-state index contributed by atoms with van der Waals surface area (Å²) in [5.41, 5.74) is 4.48. The molecule has 5 nitrogen and oxygen atoms in total. The molecule has 0 aliphatic carbocycles. The lowest BCUT2D eigenvalue weighted by Gasteiger charge is -2.16. The molecule has 154 valence electrons. The summed E-state index contributed by atoms with van der Waals surface area (Å²) in [5.74, 6) is 0.135. The zero-order valence-electron chi connectivity index (χ0n) is 17.4. The van der Waals surface area contributed by atoms with E-state index in [1.165, 1.54) is 0 Å². The number of carbonyl (C=O) groups is 2. The Morgan fingerprint density at radius 2 is 1.63 bits per heavy atom. The molecule has 3 aromatic rings. The van der Waals surface area contributed by atoms with Gasteiger partial charge in [-0.3, -0.25) is 9.59 Å². The summed E-state index contributed by atoms with van der Waals surface area (Å²) < 4.78 is 5.73. The van der Waals surface area contributed by atoms with E-state index in [1.807, 2.05) is 62.4 Å². The van der Waals surface area contributed by atoms with Crippen LogP contribution in [0.3, 0.4) is 0 Å². The van der Waals surface area contributed by atoms with Crippen molar-refractivity contribution >= 4 is 17.5 Å². The van der Waals surface area contributed by atoms with E-state index in [9.17, 15) is 9.59 Å². The van der Waals surface area contributed by atoms with Gasteiger partial charge in [0.05, 0.1) is 0 Å². The molecule has 30 heavy (non-hydrogen) atoms. The summed E-state index contributed by atoms with van der Waals surface area (Å²) in [5, 5.41) is 5.78. The molecule has 0 saturated heterocycles. The fourth-order valence-electron chi connectivity index (χ4n) is 3.01. The maximum atomic E-state index is 12.4. The molecule has 0 spiro atoms. The van der Waals surface area contributed by atoms with E-state index in [4.69, 9.17) is 4.74 Å². The second-order valence-corrected chi connectivity index (χ2v) is 7.26. The van der Waals surface area contributed by atoms with Crippen molar-refractivity contribution in [2.24, 2.45) is 0 Å². The first-order valence-corrected chi connectivity index (χ1v) is 9.89. The normalized spacial score (nSPS) is 11.4. The van der Waals surface area contributed by atoms with Gasteiger partial charge < -0.3 is 15.4 Å². The Kier molecular flexibility index (Phi) is 6.86. The minimum Gasteiger partial charge on any atom is -0.481 e. The highest BCUT2D eigenvalue weighted by atomic mass is 16.5. The van der Waals surface area contributed by atoms with E-state index in [2.05, 4.69) is 10.6 Å². The van der Waals surface area contributed by atoms with Gasteiger partial charge in [0.15, 0.2) is 6.10 Å². The molecule has 0 heterocycles. The smallest absolute Gasteiger partial charge is 0.265 e. The van der Waals surface area contributed by atoms with Gasteiger partial charge in [0.2, 0.25) is 0 Å². The highest BCUT2D eigenvalue weighted by molar-refractivity contribution is 5.95. The lowest BCUT2D eigenvalue weighted by atomic mass is 10.1. The first kappa shape index (κ1) is 21.1. The molecule has 0 aliphatic rings. The van der Waals surface area contributed by atoms with Crippen molar-refractivity contribution in [3.63, 3.8) is 0 Å². The van der Waals surface area contributed by atoms with E-state index in [0.29, 0.717) is 17.9 Å². The first-order valence-electron chi connectivity index (χ1n) is 9.89. The predicted octanol–water partition coefficient (Wildman–Crippen LogP) is 4.64. The fraction of sp³-hybridized carbons (Fsp3) is 0.200. The molecule has 0 fully saturated rings. The van der Waals surface area contributed by atoms with Gasteiger partial charge in [-0.15, -0.1) is 0 Å². The number of carbonyl (C=O) groups excluding carboxylic acids is 2. The summed E-state index contributed by atoms with van der Waals surface area (Å²) in [7, 11) is 0. The van der Waals surface area contributed by atoms with E-state index in [-0.39, 0.29) is 11.8 Å². The highest BCUT2D eigenvalue weighted by Gasteiger charge is 2.16. The van der Waals surface area contributed by atoms with Crippen molar-refractivity contribution in [1.29, 1.82) is 0 Å². The van der Waals surface area contributed by atoms with Gasteiger partial charge in [0, 0.05) is 17.8 Å². The van der Waals surface area contributed by atoms with Crippen molar-refractivity contribution in [1.82, 2.24) is 5.32 Å². The summed E-state index contributed by atoms with van der Waals surface area (Å²) in [6.07, 6.45) is -0.677. The topological polar surface area (TPSA) is 67.4 Å². The molecule has 0 radical (unpaired) electrons. The van der Waals surface area contributed by atoms with Crippen LogP contribution in [0.5, 0.6) is 5.75 Å². The van der Waals surface area contributed by atoms with Gasteiger partial charge in [-0.05, 0) is 62.2 Å². The zero-order chi connectivity index (χ0) is 21.5. The Hall–Kier alpha value is -3.60. The predicted molar refractivity (Wildman–Crippen MR) is 119 cm³/mol. The Morgan fingerprint density at radius 1 is 0.933 bits per heavy atom. The fourth-order valence-corrected chi connectivity index (χ4v) is 3.01. The van der Waals surface area contributed by atoms with Crippen molar-refractivity contribution in [3.8, 4) is 5.75 Å². The van der Waals surface area contributed by atoms with Crippen LogP contribution in [-0.4, -0.2) is 17.9 Å². The minimum absolute atomic E-state index is 0.161. The molecule has 0 saturated carbocycles. The number of amides is 2. The molecule has 0 aromatic heterocycles. The first-order chi connectivity index (χ1) is 14.4. The summed E-state index contributed by atoms with van der Waals surface area (Å²) >= 11 is 0. The average molecular weight is 402 g/mol. The molecule has 1 unspecified atom stereocenters. The standard InChI is InChI=1S/C25H26N2O3/c1-17-9-14-23(18(2)15-17)27-24(28)19(3)30-22-12-10-21(11-13-22)25(29)26-16-20-7-5-4-6-8-20/h4-15,19H,16H2,1-3H3,(H,26,29)(H,27,28). The number of benzene rings is 3. The Labute approximate surface area is 177 Å². The number of aryl methyl sites for hydroxylation is 2. The molecule has 2 N–H and O–H groups in total. The van der Waals surface area contributed by atoms with E-state index >= 15 is 0 Å². The van der Waals surface area contributed by atoms with E-state index in [1.54, 1.807) is 31.2 Å². The van der Waals surface area contributed by atoms with Crippen molar-refractivity contribution in [3.05, 3.63) is 95.1 Å². The maximum absolute atomic E-state index is 12.4. The number of anilines is 1. The van der Waals surface area contributed by atoms with Gasteiger partial charge >= 0.3 is 0 Å². The van der Waals surface area contributed by atoms with Crippen molar-refractivity contribution < 1.29 is 14.3 Å². The number of rotatable bonds is 7. The van der Waals surface area contributed by atoms with Gasteiger partial charge in [-0.1, -0.05) is 48.0 Å². The second kappa shape index (κ2) is 9.74. The largest absolute Gasteiger partial charge is 0.481 e. The van der Waals surface area contributed by atoms with Gasteiger partial charge in [0.1, 0.15) is 5.75 Å². The zero-order valence-corrected chi connectivity index (χ0v) is 17.4. The van der Waals surface area contributed by atoms with Crippen molar-refractivity contribution in [2.75, 3.05) is 5.32 Å². The molecule has 0 aliphatic heterocycles. The number of nitrogens with one attached hydrogen (secondary N) is 2. The summed E-state index contributed by atoms with van der Waals surface area (Å²) in [6, 6.07) is 22.3. The lowest BCUT2D eigenvalue weighted by molar-refractivity contribution is -0.122. The average Bonchev–Trinajstić information content (AvgIpc) is 2.75. The van der Waals surface area contributed by atoms with Gasteiger partial charge in [0.25, 0.3) is 11.8 Å². The van der Waals surface area contributed by atoms with Gasteiger partial charge in [-0.2, -0.15) is 0 Å². The third kappa shape index (κ3) is 5.70. The van der Waals surface area contributed by atoms with Crippen molar-refractivity contribution in [2.45, 2.75) is 33.4 Å². The molecule has 5 heteroatoms. The van der Waals surface area contributed by atoms with E-state index < -0.39 is 6.10 Å². The second-order valence-electron chi connectivity index (χ2n) is 7.26. The molecule has 3 rings (SSSR count). The minimum atomic E-state index is -0.677. The molecule has 1 atom stereocenters. The van der Waals surface area contributed by atoms with Crippen LogP contribution in [-0.2, 0) is 11.3 Å². The molecular formula is C25H26N2O3. The number of ether oxygens (including phenoxy) is 1. The van der Waals surface area contributed by atoms with Crippen LogP contribution in [0.2, 0.25) is 0 Å². The lowest BCUT2D eigenvalue weighted by Crippen LogP contribution is -2.30. The SMILES string of the molecule is Cc1ccc(NC(=O)C(C)Oc2ccc(C(=O)NCc3ccccc3)cc2)c(C)c1. The van der Waals surface area contributed by atoms with Crippen LogP contribution in [0, 0.1) is 13.8 Å². The molecule has 3 aromatic carbocycles. The van der Waals surface area contributed by atoms with Crippen LogP contribution >= 0.6 is 0 Å². The Balaban J connectivity index is 1.54.